The number of nitrogens with one attached hydrogen (secondary N) is 1. The van der Waals surface area contributed by atoms with Crippen LogP contribution in [-0.4, -0.2) is 4.98 Å². The minimum Gasteiger partial charge on any atom is -0.339 e. The SMILES string of the molecule is Cc1cccc(Cl)c1Nc1cc(C#N)c2ccccc2n1. The van der Waals surface area contributed by atoms with Crippen molar-refractivity contribution < 1.29 is 0 Å². The van der Waals surface area contributed by atoms with Crippen LogP contribution in [0.1, 0.15) is 11.1 Å². The Kier molecular flexibility index (Phi) is 3.47. The molecular weight excluding hydrogens is 282 g/mol. The summed E-state index contributed by atoms with van der Waals surface area (Å²) in [5.41, 5.74) is 3.21. The summed E-state index contributed by atoms with van der Waals surface area (Å²) in [6, 6.07) is 17.2. The Labute approximate surface area is 127 Å². The summed E-state index contributed by atoms with van der Waals surface area (Å²) in [6.07, 6.45) is 0. The zero-order valence-corrected chi connectivity index (χ0v) is 12.1. The van der Waals surface area contributed by atoms with E-state index >= 15 is 0 Å². The van der Waals surface area contributed by atoms with Gasteiger partial charge in [-0.05, 0) is 30.7 Å². The summed E-state index contributed by atoms with van der Waals surface area (Å²) in [7, 11) is 0. The van der Waals surface area contributed by atoms with Crippen molar-refractivity contribution in [1.82, 2.24) is 4.98 Å². The summed E-state index contributed by atoms with van der Waals surface area (Å²) in [5.74, 6) is 0.612. The van der Waals surface area contributed by atoms with Gasteiger partial charge in [0.2, 0.25) is 0 Å². The molecule has 4 heteroatoms. The van der Waals surface area contributed by atoms with Gasteiger partial charge in [-0.15, -0.1) is 0 Å². The number of fused-ring (bicyclic) bond motifs is 1. The summed E-state index contributed by atoms with van der Waals surface area (Å²) in [4.78, 5) is 4.54. The van der Waals surface area contributed by atoms with Crippen LogP contribution in [0.25, 0.3) is 10.9 Å². The van der Waals surface area contributed by atoms with Crippen LogP contribution in [0.4, 0.5) is 11.5 Å². The van der Waals surface area contributed by atoms with Crippen molar-refractivity contribution in [2.24, 2.45) is 0 Å². The highest BCUT2D eigenvalue weighted by Crippen LogP contribution is 2.29. The average molecular weight is 294 g/mol. The largest absolute Gasteiger partial charge is 0.339 e. The van der Waals surface area contributed by atoms with Gasteiger partial charge in [-0.1, -0.05) is 41.9 Å². The maximum Gasteiger partial charge on any atom is 0.132 e. The lowest BCUT2D eigenvalue weighted by molar-refractivity contribution is 1.34. The average Bonchev–Trinajstić information content (AvgIpc) is 2.50. The lowest BCUT2D eigenvalue weighted by atomic mass is 10.1. The number of aryl methyl sites for hydroxylation is 1. The number of nitrogens with zero attached hydrogens (tertiary/aromatic N) is 2. The molecule has 0 radical (unpaired) electrons. The number of aromatic nitrogens is 1. The second-order valence-corrected chi connectivity index (χ2v) is 5.15. The minimum atomic E-state index is 0.591. The fraction of sp³-hybridized carbons (Fsp3) is 0.0588. The molecular formula is C17H12ClN3. The molecule has 0 spiro atoms. The minimum absolute atomic E-state index is 0.591. The van der Waals surface area contributed by atoms with Crippen LogP contribution in [0.5, 0.6) is 0 Å². The maximum atomic E-state index is 9.30. The molecule has 0 aliphatic rings. The lowest BCUT2D eigenvalue weighted by Crippen LogP contribution is -1.98. The Bertz CT molecular complexity index is 845. The van der Waals surface area contributed by atoms with Gasteiger partial charge < -0.3 is 5.32 Å². The van der Waals surface area contributed by atoms with Gasteiger partial charge in [0.05, 0.1) is 27.9 Å². The normalized spacial score (nSPS) is 10.3. The number of halogens is 1. The van der Waals surface area contributed by atoms with Crippen molar-refractivity contribution in [3.8, 4) is 6.07 Å². The molecule has 102 valence electrons. The first-order valence-electron chi connectivity index (χ1n) is 6.51. The molecule has 0 saturated heterocycles. The third-order valence-corrected chi connectivity index (χ3v) is 3.63. The van der Waals surface area contributed by atoms with Gasteiger partial charge in [0.25, 0.3) is 0 Å². The molecule has 0 saturated carbocycles. The van der Waals surface area contributed by atoms with Crippen LogP contribution < -0.4 is 5.32 Å². The van der Waals surface area contributed by atoms with Crippen molar-refractivity contribution in [3.05, 3.63) is 64.7 Å². The number of para-hydroxylation sites is 2. The second kappa shape index (κ2) is 5.43. The number of pyridine rings is 1. The molecule has 3 nitrogen and oxygen atoms in total. The third-order valence-electron chi connectivity index (χ3n) is 3.31. The van der Waals surface area contributed by atoms with Crippen molar-refractivity contribution in [3.63, 3.8) is 0 Å². The predicted molar refractivity (Wildman–Crippen MR) is 85.9 cm³/mol. The highest BCUT2D eigenvalue weighted by Gasteiger charge is 2.08. The van der Waals surface area contributed by atoms with Gasteiger partial charge in [0.1, 0.15) is 5.82 Å². The predicted octanol–water partition coefficient (Wildman–Crippen LogP) is 4.81. The van der Waals surface area contributed by atoms with E-state index in [2.05, 4.69) is 16.4 Å². The molecule has 21 heavy (non-hydrogen) atoms. The van der Waals surface area contributed by atoms with Crippen molar-refractivity contribution in [2.45, 2.75) is 6.92 Å². The van der Waals surface area contributed by atoms with Crippen LogP contribution in [0.15, 0.2) is 48.5 Å². The summed E-state index contributed by atoms with van der Waals surface area (Å²) < 4.78 is 0. The molecule has 0 aliphatic heterocycles. The molecule has 0 unspecified atom stereocenters. The standard InChI is InChI=1S/C17H12ClN3/c1-11-5-4-7-14(18)17(11)21-16-9-12(10-19)13-6-2-3-8-15(13)20-16/h2-9H,1H3,(H,20,21). The number of anilines is 2. The number of rotatable bonds is 2. The fourth-order valence-corrected chi connectivity index (χ4v) is 2.52. The highest BCUT2D eigenvalue weighted by atomic mass is 35.5. The molecule has 1 heterocycles. The molecule has 3 rings (SSSR count). The van der Waals surface area contributed by atoms with Crippen molar-refractivity contribution >= 4 is 34.0 Å². The van der Waals surface area contributed by atoms with E-state index in [9.17, 15) is 5.26 Å². The lowest BCUT2D eigenvalue weighted by Gasteiger charge is -2.12. The van der Waals surface area contributed by atoms with Crippen molar-refractivity contribution in [2.75, 3.05) is 5.32 Å². The molecule has 1 aromatic heterocycles. The number of nitriles is 1. The van der Waals surface area contributed by atoms with Crippen LogP contribution >= 0.6 is 11.6 Å². The van der Waals surface area contributed by atoms with Crippen LogP contribution in [-0.2, 0) is 0 Å². The van der Waals surface area contributed by atoms with Crippen LogP contribution in [0.3, 0.4) is 0 Å². The molecule has 0 atom stereocenters. The molecule has 2 aromatic carbocycles. The van der Waals surface area contributed by atoms with E-state index in [1.54, 1.807) is 6.07 Å². The monoisotopic (exact) mass is 293 g/mol. The van der Waals surface area contributed by atoms with Crippen LogP contribution in [0, 0.1) is 18.3 Å². The number of hydrogen-bond donors (Lipinski definition) is 1. The van der Waals surface area contributed by atoms with Gasteiger partial charge in [0.15, 0.2) is 0 Å². The Balaban J connectivity index is 2.12. The van der Waals surface area contributed by atoms with Gasteiger partial charge in [0, 0.05) is 5.39 Å². The highest BCUT2D eigenvalue weighted by molar-refractivity contribution is 6.33. The van der Waals surface area contributed by atoms with Gasteiger partial charge in [-0.25, -0.2) is 4.98 Å². The summed E-state index contributed by atoms with van der Waals surface area (Å²) >= 11 is 6.22. The first-order chi connectivity index (χ1) is 10.2. The Morgan fingerprint density at radius 3 is 2.71 bits per heavy atom. The Morgan fingerprint density at radius 2 is 1.95 bits per heavy atom. The Hall–Kier alpha value is -2.57. The van der Waals surface area contributed by atoms with Gasteiger partial charge >= 0.3 is 0 Å². The number of benzene rings is 2. The molecule has 0 fully saturated rings. The first-order valence-corrected chi connectivity index (χ1v) is 6.89. The molecule has 0 aliphatic carbocycles. The van der Waals surface area contributed by atoms with E-state index < -0.39 is 0 Å². The second-order valence-electron chi connectivity index (χ2n) is 4.74. The molecule has 0 amide bonds. The van der Waals surface area contributed by atoms with E-state index in [-0.39, 0.29) is 0 Å². The zero-order valence-electron chi connectivity index (χ0n) is 11.4. The van der Waals surface area contributed by atoms with Gasteiger partial charge in [-0.3, -0.25) is 0 Å². The summed E-state index contributed by atoms with van der Waals surface area (Å²) in [6.45, 7) is 1.97. The molecule has 3 aromatic rings. The van der Waals surface area contributed by atoms with Gasteiger partial charge in [-0.2, -0.15) is 5.26 Å². The van der Waals surface area contributed by atoms with E-state index in [1.807, 2.05) is 49.4 Å². The van der Waals surface area contributed by atoms with E-state index in [0.717, 1.165) is 22.2 Å². The Morgan fingerprint density at radius 1 is 1.14 bits per heavy atom. The van der Waals surface area contributed by atoms with Crippen molar-refractivity contribution in [1.29, 1.82) is 5.26 Å². The smallest absolute Gasteiger partial charge is 0.132 e. The number of hydrogen-bond acceptors (Lipinski definition) is 3. The third kappa shape index (κ3) is 2.54. The van der Waals surface area contributed by atoms with E-state index in [4.69, 9.17) is 11.6 Å². The quantitative estimate of drug-likeness (QED) is 0.737. The zero-order chi connectivity index (χ0) is 14.8. The molecule has 0 bridgehead atoms. The maximum absolute atomic E-state index is 9.30. The fourth-order valence-electron chi connectivity index (χ4n) is 2.25. The van der Waals surface area contributed by atoms with E-state index in [1.165, 1.54) is 0 Å². The van der Waals surface area contributed by atoms with Crippen LogP contribution in [0.2, 0.25) is 5.02 Å². The first kappa shape index (κ1) is 13.4. The topological polar surface area (TPSA) is 48.7 Å². The summed E-state index contributed by atoms with van der Waals surface area (Å²) in [5, 5.41) is 14.0. The molecule has 1 N–H and O–H groups in total. The van der Waals surface area contributed by atoms with E-state index in [0.29, 0.717) is 16.4 Å².